The van der Waals surface area contributed by atoms with Crippen molar-refractivity contribution in [3.05, 3.63) is 23.7 Å². The van der Waals surface area contributed by atoms with Crippen LogP contribution in [0.25, 0.3) is 0 Å². The Hall–Kier alpha value is -1.29. The maximum atomic E-state index is 10.9. The molecule has 0 aliphatic heterocycles. The normalized spacial score (nSPS) is 10.8. The minimum Gasteiger partial charge on any atom is -0.454 e. The topological polar surface area (TPSA) is 102 Å². The third-order valence-corrected chi connectivity index (χ3v) is 2.30. The van der Waals surface area contributed by atoms with Gasteiger partial charge in [-0.1, -0.05) is 0 Å². The van der Waals surface area contributed by atoms with Crippen LogP contribution in [0.5, 0.6) is 0 Å². The molecule has 0 bridgehead atoms. The molecule has 0 aromatic carbocycles. The second-order valence-corrected chi connectivity index (χ2v) is 3.68. The molecule has 1 aromatic rings. The van der Waals surface area contributed by atoms with E-state index in [1.165, 1.54) is 0 Å². The number of amides is 1. The van der Waals surface area contributed by atoms with Gasteiger partial charge in [0.2, 0.25) is 0 Å². The number of nitrogens with zero attached hydrogens (tertiary/aromatic N) is 1. The number of rotatable bonds is 7. The number of hydrogen-bond acceptors (Lipinski definition) is 4. The van der Waals surface area contributed by atoms with E-state index in [-0.39, 0.29) is 29.7 Å². The van der Waals surface area contributed by atoms with E-state index in [4.69, 9.17) is 14.9 Å². The Labute approximate surface area is 135 Å². The number of ether oxygens (including phenoxy) is 1. The van der Waals surface area contributed by atoms with Crippen molar-refractivity contribution in [1.29, 1.82) is 0 Å². The summed E-state index contributed by atoms with van der Waals surface area (Å²) in [6, 6.07) is 3.24. The van der Waals surface area contributed by atoms with Gasteiger partial charge >= 0.3 is 0 Å². The highest BCUT2D eigenvalue weighted by Crippen LogP contribution is 2.06. The average molecular weight is 396 g/mol. The fourth-order valence-corrected chi connectivity index (χ4v) is 1.38. The quantitative estimate of drug-likeness (QED) is 0.273. The Bertz CT molecular complexity index is 434. The van der Waals surface area contributed by atoms with Gasteiger partial charge in [0, 0.05) is 20.2 Å². The van der Waals surface area contributed by atoms with E-state index in [0.29, 0.717) is 38.0 Å². The van der Waals surface area contributed by atoms with Crippen LogP contribution in [-0.4, -0.2) is 38.7 Å². The van der Waals surface area contributed by atoms with Crippen molar-refractivity contribution < 1.29 is 13.9 Å². The van der Waals surface area contributed by atoms with Crippen molar-refractivity contribution in [2.45, 2.75) is 13.5 Å². The third-order valence-electron chi connectivity index (χ3n) is 2.30. The minimum atomic E-state index is -0.578. The van der Waals surface area contributed by atoms with E-state index >= 15 is 0 Å². The molecular formula is C12H21IN4O3. The first kappa shape index (κ1) is 18.7. The lowest BCUT2D eigenvalue weighted by Crippen LogP contribution is -2.38. The monoisotopic (exact) mass is 396 g/mol. The van der Waals surface area contributed by atoms with Crippen LogP contribution in [0.3, 0.4) is 0 Å². The number of nitrogens with one attached hydrogen (secondary N) is 2. The molecule has 114 valence electrons. The van der Waals surface area contributed by atoms with Crippen LogP contribution < -0.4 is 16.4 Å². The van der Waals surface area contributed by atoms with Gasteiger partial charge in [-0.3, -0.25) is 9.79 Å². The lowest BCUT2D eigenvalue weighted by Gasteiger charge is -2.10. The standard InChI is InChI=1S/C12H20N4O3.HI/c1-3-18-7-6-15-12(14-2)16-8-9-4-5-10(19-9)11(13)17;/h4-5H,3,6-8H2,1-2H3,(H2,13,17)(H2,14,15,16);1H. The summed E-state index contributed by atoms with van der Waals surface area (Å²) in [6.45, 7) is 4.33. The molecule has 0 aliphatic rings. The van der Waals surface area contributed by atoms with Gasteiger partial charge in [0.25, 0.3) is 5.91 Å². The fraction of sp³-hybridized carbons (Fsp3) is 0.500. The van der Waals surface area contributed by atoms with Crippen molar-refractivity contribution in [1.82, 2.24) is 10.6 Å². The van der Waals surface area contributed by atoms with Crippen molar-refractivity contribution in [3.63, 3.8) is 0 Å². The Morgan fingerprint density at radius 2 is 2.20 bits per heavy atom. The van der Waals surface area contributed by atoms with Gasteiger partial charge in [-0.05, 0) is 19.1 Å². The highest BCUT2D eigenvalue weighted by atomic mass is 127. The van der Waals surface area contributed by atoms with Crippen LogP contribution in [0.4, 0.5) is 0 Å². The molecule has 8 heteroatoms. The summed E-state index contributed by atoms with van der Waals surface area (Å²) in [5.41, 5.74) is 5.10. The van der Waals surface area contributed by atoms with E-state index in [9.17, 15) is 4.79 Å². The summed E-state index contributed by atoms with van der Waals surface area (Å²) in [5.74, 6) is 0.819. The summed E-state index contributed by atoms with van der Waals surface area (Å²) >= 11 is 0. The molecule has 0 aliphatic carbocycles. The second kappa shape index (κ2) is 10.5. The van der Waals surface area contributed by atoms with Gasteiger partial charge in [0.15, 0.2) is 11.7 Å². The Balaban J connectivity index is 0.00000361. The predicted octanol–water partition coefficient (Wildman–Crippen LogP) is 0.698. The van der Waals surface area contributed by atoms with E-state index in [1.54, 1.807) is 19.2 Å². The van der Waals surface area contributed by atoms with E-state index < -0.39 is 5.91 Å². The van der Waals surface area contributed by atoms with Gasteiger partial charge in [0.1, 0.15) is 5.76 Å². The summed E-state index contributed by atoms with van der Waals surface area (Å²) in [6.07, 6.45) is 0. The number of nitrogens with two attached hydrogens (primary N) is 1. The summed E-state index contributed by atoms with van der Waals surface area (Å²) < 4.78 is 10.4. The number of halogens is 1. The average Bonchev–Trinajstić information content (AvgIpc) is 2.87. The van der Waals surface area contributed by atoms with Gasteiger partial charge in [-0.15, -0.1) is 24.0 Å². The number of primary amides is 1. The zero-order chi connectivity index (χ0) is 14.1. The van der Waals surface area contributed by atoms with E-state index in [1.807, 2.05) is 6.92 Å². The Morgan fingerprint density at radius 3 is 2.75 bits per heavy atom. The maximum Gasteiger partial charge on any atom is 0.284 e. The van der Waals surface area contributed by atoms with E-state index in [0.717, 1.165) is 0 Å². The third kappa shape index (κ3) is 6.75. The largest absolute Gasteiger partial charge is 0.454 e. The zero-order valence-corrected chi connectivity index (χ0v) is 14.0. The smallest absolute Gasteiger partial charge is 0.284 e. The Kier molecular flexibility index (Phi) is 9.82. The van der Waals surface area contributed by atoms with E-state index in [2.05, 4.69) is 15.6 Å². The number of carbonyl (C=O) groups excluding carboxylic acids is 1. The second-order valence-electron chi connectivity index (χ2n) is 3.68. The van der Waals surface area contributed by atoms with Crippen LogP contribution >= 0.6 is 24.0 Å². The minimum absolute atomic E-state index is 0. The summed E-state index contributed by atoms with van der Waals surface area (Å²) in [7, 11) is 1.67. The lowest BCUT2D eigenvalue weighted by atomic mass is 10.4. The highest BCUT2D eigenvalue weighted by molar-refractivity contribution is 14.0. The predicted molar refractivity (Wildman–Crippen MR) is 87.3 cm³/mol. The number of furan rings is 1. The fourth-order valence-electron chi connectivity index (χ4n) is 1.38. The summed E-state index contributed by atoms with van der Waals surface area (Å²) in [4.78, 5) is 14.9. The molecule has 0 radical (unpaired) electrons. The Morgan fingerprint density at radius 1 is 1.45 bits per heavy atom. The molecule has 1 heterocycles. The maximum absolute atomic E-state index is 10.9. The molecule has 0 saturated carbocycles. The molecule has 7 nitrogen and oxygen atoms in total. The molecule has 20 heavy (non-hydrogen) atoms. The number of aliphatic imine (C=N–C) groups is 1. The SMILES string of the molecule is CCOCCNC(=NC)NCc1ccc(C(N)=O)o1.I. The molecule has 0 spiro atoms. The zero-order valence-electron chi connectivity index (χ0n) is 11.6. The number of carbonyl (C=O) groups is 1. The molecule has 0 fully saturated rings. The van der Waals surface area contributed by atoms with Crippen LogP contribution in [0.1, 0.15) is 23.2 Å². The molecule has 1 amide bonds. The molecular weight excluding hydrogens is 375 g/mol. The van der Waals surface area contributed by atoms with Crippen molar-refractivity contribution >= 4 is 35.8 Å². The van der Waals surface area contributed by atoms with Gasteiger partial charge in [-0.2, -0.15) is 0 Å². The molecule has 0 saturated heterocycles. The van der Waals surface area contributed by atoms with Crippen LogP contribution in [0.2, 0.25) is 0 Å². The van der Waals surface area contributed by atoms with Crippen LogP contribution in [0.15, 0.2) is 21.5 Å². The van der Waals surface area contributed by atoms with Crippen molar-refractivity contribution in [2.24, 2.45) is 10.7 Å². The van der Waals surface area contributed by atoms with Crippen molar-refractivity contribution in [3.8, 4) is 0 Å². The van der Waals surface area contributed by atoms with Gasteiger partial charge in [-0.25, -0.2) is 0 Å². The lowest BCUT2D eigenvalue weighted by molar-refractivity contribution is 0.0972. The number of hydrogen-bond donors (Lipinski definition) is 3. The van der Waals surface area contributed by atoms with Crippen LogP contribution in [0, 0.1) is 0 Å². The molecule has 4 N–H and O–H groups in total. The van der Waals surface area contributed by atoms with Gasteiger partial charge < -0.3 is 25.5 Å². The molecule has 0 atom stereocenters. The first-order valence-corrected chi connectivity index (χ1v) is 6.08. The first-order chi connectivity index (χ1) is 9.17. The first-order valence-electron chi connectivity index (χ1n) is 6.08. The molecule has 1 rings (SSSR count). The molecule has 0 unspecified atom stereocenters. The molecule has 1 aromatic heterocycles. The summed E-state index contributed by atoms with van der Waals surface area (Å²) in [5, 5.41) is 6.14. The van der Waals surface area contributed by atoms with Gasteiger partial charge in [0.05, 0.1) is 13.2 Å². The highest BCUT2D eigenvalue weighted by Gasteiger charge is 2.07. The van der Waals surface area contributed by atoms with Crippen molar-refractivity contribution in [2.75, 3.05) is 26.8 Å². The van der Waals surface area contributed by atoms with Crippen LogP contribution in [-0.2, 0) is 11.3 Å². The number of guanidine groups is 1.